The molecule has 3 rings (SSSR count). The monoisotopic (exact) mass is 326 g/mol. The van der Waals surface area contributed by atoms with Crippen molar-refractivity contribution in [3.63, 3.8) is 0 Å². The molecule has 1 atom stereocenters. The van der Waals surface area contributed by atoms with Crippen LogP contribution in [0.15, 0.2) is 48.8 Å². The summed E-state index contributed by atoms with van der Waals surface area (Å²) in [5, 5.41) is 9.30. The van der Waals surface area contributed by atoms with Crippen LogP contribution < -0.4 is 4.74 Å². The van der Waals surface area contributed by atoms with Gasteiger partial charge in [0.1, 0.15) is 5.75 Å². The lowest BCUT2D eigenvalue weighted by Gasteiger charge is -2.28. The van der Waals surface area contributed by atoms with E-state index in [0.717, 1.165) is 23.3 Å². The molecule has 0 bridgehead atoms. The molecule has 0 aliphatic carbocycles. The third kappa shape index (κ3) is 3.92. The minimum absolute atomic E-state index is 0.0453. The third-order valence-electron chi connectivity index (χ3n) is 4.32. The van der Waals surface area contributed by atoms with Crippen LogP contribution in [-0.2, 0) is 11.3 Å². The van der Waals surface area contributed by atoms with Gasteiger partial charge in [-0.2, -0.15) is 0 Å². The number of aromatic nitrogens is 1. The first-order valence-corrected chi connectivity index (χ1v) is 8.27. The zero-order valence-corrected chi connectivity index (χ0v) is 13.6. The van der Waals surface area contributed by atoms with Gasteiger partial charge in [-0.3, -0.25) is 9.78 Å². The van der Waals surface area contributed by atoms with Gasteiger partial charge in [0, 0.05) is 31.9 Å². The number of benzene rings is 1. The number of ether oxygens (including phenoxy) is 1. The third-order valence-corrected chi connectivity index (χ3v) is 4.32. The van der Waals surface area contributed by atoms with Crippen LogP contribution in [0.5, 0.6) is 5.75 Å². The molecule has 0 fully saturated rings. The molecule has 1 aromatic heterocycles. The molecule has 1 unspecified atom stereocenters. The van der Waals surface area contributed by atoms with Crippen molar-refractivity contribution in [2.45, 2.75) is 25.3 Å². The van der Waals surface area contributed by atoms with Crippen molar-refractivity contribution in [1.29, 1.82) is 0 Å². The number of carbonyl (C=O) groups is 1. The second-order valence-electron chi connectivity index (χ2n) is 5.98. The second kappa shape index (κ2) is 7.93. The van der Waals surface area contributed by atoms with Crippen molar-refractivity contribution < 1.29 is 14.6 Å². The Balaban J connectivity index is 1.70. The average Bonchev–Trinajstić information content (AvgIpc) is 2.62. The molecule has 5 heteroatoms. The van der Waals surface area contributed by atoms with Gasteiger partial charge in [-0.15, -0.1) is 0 Å². The Bertz CT molecular complexity index is 675. The maximum Gasteiger partial charge on any atom is 0.223 e. The summed E-state index contributed by atoms with van der Waals surface area (Å²) in [6.07, 6.45) is 4.73. The van der Waals surface area contributed by atoms with Crippen LogP contribution in [-0.4, -0.2) is 40.7 Å². The Morgan fingerprint density at radius 3 is 2.96 bits per heavy atom. The molecule has 1 N–H and O–H groups in total. The fourth-order valence-electron chi connectivity index (χ4n) is 3.09. The summed E-state index contributed by atoms with van der Waals surface area (Å²) in [5.41, 5.74) is 2.06. The van der Waals surface area contributed by atoms with E-state index >= 15 is 0 Å². The number of hydrogen-bond acceptors (Lipinski definition) is 4. The fourth-order valence-corrected chi connectivity index (χ4v) is 3.09. The number of rotatable bonds is 6. The Kier molecular flexibility index (Phi) is 5.43. The van der Waals surface area contributed by atoms with Crippen molar-refractivity contribution in [2.24, 2.45) is 0 Å². The number of para-hydroxylation sites is 1. The van der Waals surface area contributed by atoms with Crippen molar-refractivity contribution in [1.82, 2.24) is 9.88 Å². The zero-order chi connectivity index (χ0) is 16.8. The van der Waals surface area contributed by atoms with E-state index in [1.54, 1.807) is 17.3 Å². The van der Waals surface area contributed by atoms with E-state index < -0.39 is 0 Å². The van der Waals surface area contributed by atoms with E-state index in [-0.39, 0.29) is 18.4 Å². The summed E-state index contributed by atoms with van der Waals surface area (Å²) in [4.78, 5) is 18.6. The first-order valence-electron chi connectivity index (χ1n) is 8.27. The number of pyridine rings is 1. The highest BCUT2D eigenvalue weighted by Crippen LogP contribution is 2.35. The van der Waals surface area contributed by atoms with Crippen LogP contribution in [0, 0.1) is 0 Å². The van der Waals surface area contributed by atoms with Crippen molar-refractivity contribution in [2.75, 3.05) is 19.8 Å². The molecule has 1 aliphatic heterocycles. The van der Waals surface area contributed by atoms with Crippen LogP contribution in [0.25, 0.3) is 0 Å². The number of aliphatic hydroxyl groups is 1. The van der Waals surface area contributed by atoms with Gasteiger partial charge >= 0.3 is 0 Å². The molecular formula is C19H22N2O3. The summed E-state index contributed by atoms with van der Waals surface area (Å²) in [5.74, 6) is 1.09. The molecule has 0 saturated carbocycles. The van der Waals surface area contributed by atoms with Crippen LogP contribution >= 0.6 is 0 Å². The molecule has 1 aromatic carbocycles. The maximum atomic E-state index is 12.8. The lowest BCUT2D eigenvalue weighted by molar-refractivity contribution is -0.132. The molecule has 0 radical (unpaired) electrons. The quantitative estimate of drug-likeness (QED) is 0.885. The topological polar surface area (TPSA) is 62.7 Å². The maximum absolute atomic E-state index is 12.8. The molecule has 126 valence electrons. The SMILES string of the molecule is O=C(CC1CCOc2ccccc21)N(CCO)Cc1cccnc1. The van der Waals surface area contributed by atoms with Gasteiger partial charge in [-0.1, -0.05) is 24.3 Å². The van der Waals surface area contributed by atoms with Crippen molar-refractivity contribution in [3.8, 4) is 5.75 Å². The van der Waals surface area contributed by atoms with Crippen LogP contribution in [0.4, 0.5) is 0 Å². The smallest absolute Gasteiger partial charge is 0.223 e. The molecule has 2 aromatic rings. The fraction of sp³-hybridized carbons (Fsp3) is 0.368. The largest absolute Gasteiger partial charge is 0.493 e. The summed E-state index contributed by atoms with van der Waals surface area (Å²) >= 11 is 0. The Hall–Kier alpha value is -2.40. The standard InChI is InChI=1S/C19H22N2O3/c22-10-9-21(14-15-4-3-8-20-13-15)19(23)12-16-7-11-24-18-6-2-1-5-17(16)18/h1-6,8,13,16,22H,7,9-12,14H2. The lowest BCUT2D eigenvalue weighted by Crippen LogP contribution is -2.34. The van der Waals surface area contributed by atoms with Crippen molar-refractivity contribution in [3.05, 3.63) is 59.9 Å². The summed E-state index contributed by atoms with van der Waals surface area (Å²) < 4.78 is 5.67. The van der Waals surface area contributed by atoms with E-state index in [2.05, 4.69) is 4.98 Å². The molecule has 5 nitrogen and oxygen atoms in total. The number of fused-ring (bicyclic) bond motifs is 1. The van der Waals surface area contributed by atoms with Gasteiger partial charge in [0.05, 0.1) is 13.2 Å². The second-order valence-corrected chi connectivity index (χ2v) is 5.98. The molecule has 1 aliphatic rings. The summed E-state index contributed by atoms with van der Waals surface area (Å²) in [6.45, 7) is 1.39. The Morgan fingerprint density at radius 1 is 1.29 bits per heavy atom. The molecule has 0 saturated heterocycles. The van der Waals surface area contributed by atoms with E-state index in [1.165, 1.54) is 0 Å². The van der Waals surface area contributed by atoms with Gasteiger partial charge in [0.25, 0.3) is 0 Å². The van der Waals surface area contributed by atoms with E-state index in [9.17, 15) is 9.90 Å². The highest BCUT2D eigenvalue weighted by Gasteiger charge is 2.25. The van der Waals surface area contributed by atoms with Crippen LogP contribution in [0.2, 0.25) is 0 Å². The number of carbonyl (C=O) groups excluding carboxylic acids is 1. The minimum Gasteiger partial charge on any atom is -0.493 e. The summed E-state index contributed by atoms with van der Waals surface area (Å²) in [7, 11) is 0. The molecule has 24 heavy (non-hydrogen) atoms. The molecule has 0 spiro atoms. The zero-order valence-electron chi connectivity index (χ0n) is 13.6. The predicted octanol–water partition coefficient (Wildman–Crippen LogP) is 2.36. The molecule has 2 heterocycles. The van der Waals surface area contributed by atoms with Gasteiger partial charge in [-0.05, 0) is 35.6 Å². The van der Waals surface area contributed by atoms with E-state index in [1.807, 2.05) is 36.4 Å². The van der Waals surface area contributed by atoms with Crippen molar-refractivity contribution >= 4 is 5.91 Å². The first kappa shape index (κ1) is 16.5. The molecule has 1 amide bonds. The average molecular weight is 326 g/mol. The van der Waals surface area contributed by atoms with Gasteiger partial charge in [0.15, 0.2) is 0 Å². The first-order chi connectivity index (χ1) is 11.8. The highest BCUT2D eigenvalue weighted by atomic mass is 16.5. The minimum atomic E-state index is -0.0453. The van der Waals surface area contributed by atoms with E-state index in [0.29, 0.717) is 26.1 Å². The molecular weight excluding hydrogens is 304 g/mol. The Labute approximate surface area is 141 Å². The van der Waals surface area contributed by atoms with Gasteiger partial charge in [0.2, 0.25) is 5.91 Å². The number of aliphatic hydroxyl groups excluding tert-OH is 1. The highest BCUT2D eigenvalue weighted by molar-refractivity contribution is 5.77. The summed E-state index contributed by atoms with van der Waals surface area (Å²) in [6, 6.07) is 11.7. The lowest BCUT2D eigenvalue weighted by atomic mass is 9.90. The van der Waals surface area contributed by atoms with Crippen LogP contribution in [0.1, 0.15) is 29.9 Å². The predicted molar refractivity (Wildman–Crippen MR) is 90.7 cm³/mol. The Morgan fingerprint density at radius 2 is 2.17 bits per heavy atom. The van der Waals surface area contributed by atoms with Gasteiger partial charge in [-0.25, -0.2) is 0 Å². The normalized spacial score (nSPS) is 16.1. The van der Waals surface area contributed by atoms with Crippen LogP contribution in [0.3, 0.4) is 0 Å². The van der Waals surface area contributed by atoms with E-state index in [4.69, 9.17) is 4.74 Å². The number of nitrogens with zero attached hydrogens (tertiary/aromatic N) is 2. The number of amides is 1. The number of hydrogen-bond donors (Lipinski definition) is 1. The van der Waals surface area contributed by atoms with Gasteiger partial charge < -0.3 is 14.7 Å².